The molecule has 0 aromatic carbocycles. The summed E-state index contributed by atoms with van der Waals surface area (Å²) in [6, 6.07) is 1.11. The zero-order chi connectivity index (χ0) is 10.3. The second kappa shape index (κ2) is 7.34. The smallest absolute Gasteiger partial charge is 0.0431 e. The van der Waals surface area contributed by atoms with E-state index >= 15 is 0 Å². The Balaban J connectivity index is 3.57. The van der Waals surface area contributed by atoms with Gasteiger partial charge < -0.3 is 10.4 Å². The van der Waals surface area contributed by atoms with E-state index in [0.717, 1.165) is 18.8 Å². The fourth-order valence-electron chi connectivity index (χ4n) is 1.45. The van der Waals surface area contributed by atoms with Gasteiger partial charge in [0.2, 0.25) is 0 Å². The van der Waals surface area contributed by atoms with Crippen LogP contribution in [-0.2, 0) is 0 Å². The molecule has 0 fully saturated rings. The molecule has 0 saturated heterocycles. The first-order valence-electron chi connectivity index (χ1n) is 5.48. The summed E-state index contributed by atoms with van der Waals surface area (Å²) in [5.41, 5.74) is 0. The molecule has 0 aliphatic carbocycles. The summed E-state index contributed by atoms with van der Waals surface area (Å²) in [4.78, 5) is 0. The molecule has 0 spiro atoms. The quantitative estimate of drug-likeness (QED) is 0.640. The highest BCUT2D eigenvalue weighted by atomic mass is 16.2. The van der Waals surface area contributed by atoms with Crippen molar-refractivity contribution in [3.63, 3.8) is 0 Å². The minimum atomic E-state index is 0.309. The number of aliphatic hydroxyl groups is 1. The van der Waals surface area contributed by atoms with Crippen LogP contribution in [0.1, 0.15) is 47.0 Å². The van der Waals surface area contributed by atoms with Gasteiger partial charge in [-0.15, -0.1) is 0 Å². The number of aliphatic hydroxyl groups excluding tert-OH is 1. The first-order chi connectivity index (χ1) is 6.11. The molecule has 0 aromatic rings. The standard InChI is InChI=1S/C11H25NO/c1-5-9(2)11(4)12-10(3)7-6-8-13/h9-13H,5-8H2,1-4H3/t9-,10+,11+/m0/s1. The Morgan fingerprint density at radius 1 is 1.23 bits per heavy atom. The van der Waals surface area contributed by atoms with Gasteiger partial charge in [0.15, 0.2) is 0 Å². The van der Waals surface area contributed by atoms with E-state index in [-0.39, 0.29) is 0 Å². The summed E-state index contributed by atoms with van der Waals surface area (Å²) < 4.78 is 0. The van der Waals surface area contributed by atoms with Gasteiger partial charge in [-0.2, -0.15) is 0 Å². The fraction of sp³-hybridized carbons (Fsp3) is 1.00. The van der Waals surface area contributed by atoms with E-state index in [1.54, 1.807) is 0 Å². The summed E-state index contributed by atoms with van der Waals surface area (Å²) in [7, 11) is 0. The molecule has 2 N–H and O–H groups in total. The summed E-state index contributed by atoms with van der Waals surface area (Å²) in [6.07, 6.45) is 3.19. The first kappa shape index (κ1) is 12.9. The predicted molar refractivity (Wildman–Crippen MR) is 57.8 cm³/mol. The van der Waals surface area contributed by atoms with Gasteiger partial charge >= 0.3 is 0 Å². The van der Waals surface area contributed by atoms with Crippen LogP contribution in [-0.4, -0.2) is 23.8 Å². The lowest BCUT2D eigenvalue weighted by molar-refractivity contribution is 0.268. The zero-order valence-corrected chi connectivity index (χ0v) is 9.51. The van der Waals surface area contributed by atoms with Crippen molar-refractivity contribution in [3.05, 3.63) is 0 Å². The van der Waals surface area contributed by atoms with E-state index in [1.807, 2.05) is 0 Å². The van der Waals surface area contributed by atoms with Gasteiger partial charge in [0.1, 0.15) is 0 Å². The van der Waals surface area contributed by atoms with Crippen molar-refractivity contribution in [2.75, 3.05) is 6.61 Å². The van der Waals surface area contributed by atoms with Crippen molar-refractivity contribution in [2.45, 2.75) is 59.0 Å². The van der Waals surface area contributed by atoms with Crippen LogP contribution in [0.2, 0.25) is 0 Å². The highest BCUT2D eigenvalue weighted by molar-refractivity contribution is 4.71. The average molecular weight is 187 g/mol. The number of rotatable bonds is 7. The monoisotopic (exact) mass is 187 g/mol. The van der Waals surface area contributed by atoms with Gasteiger partial charge in [-0.05, 0) is 32.6 Å². The molecular formula is C11H25NO. The minimum Gasteiger partial charge on any atom is -0.396 e. The average Bonchev–Trinajstić information content (AvgIpc) is 2.13. The van der Waals surface area contributed by atoms with Gasteiger partial charge in [0.25, 0.3) is 0 Å². The van der Waals surface area contributed by atoms with Gasteiger partial charge in [-0.3, -0.25) is 0 Å². The molecule has 2 heteroatoms. The van der Waals surface area contributed by atoms with Crippen LogP contribution < -0.4 is 5.32 Å². The van der Waals surface area contributed by atoms with Crippen LogP contribution in [0.4, 0.5) is 0 Å². The number of hydrogen-bond donors (Lipinski definition) is 2. The second-order valence-corrected chi connectivity index (χ2v) is 4.11. The van der Waals surface area contributed by atoms with E-state index in [2.05, 4.69) is 33.0 Å². The lowest BCUT2D eigenvalue weighted by Gasteiger charge is -2.24. The lowest BCUT2D eigenvalue weighted by atomic mass is 9.99. The molecule has 80 valence electrons. The van der Waals surface area contributed by atoms with Gasteiger partial charge in [-0.25, -0.2) is 0 Å². The molecule has 0 aromatic heterocycles. The van der Waals surface area contributed by atoms with Crippen LogP contribution in [0.5, 0.6) is 0 Å². The normalized spacial score (nSPS) is 18.2. The molecule has 0 unspecified atom stereocenters. The summed E-state index contributed by atoms with van der Waals surface area (Å²) >= 11 is 0. The molecule has 0 radical (unpaired) electrons. The fourth-order valence-corrected chi connectivity index (χ4v) is 1.45. The molecule has 0 aliphatic rings. The predicted octanol–water partition coefficient (Wildman–Crippen LogP) is 2.17. The zero-order valence-electron chi connectivity index (χ0n) is 9.51. The third-order valence-corrected chi connectivity index (χ3v) is 2.84. The Hall–Kier alpha value is -0.0800. The molecule has 0 saturated carbocycles. The Morgan fingerprint density at radius 2 is 1.85 bits per heavy atom. The van der Waals surface area contributed by atoms with E-state index in [9.17, 15) is 0 Å². The van der Waals surface area contributed by atoms with Gasteiger partial charge in [0.05, 0.1) is 0 Å². The number of nitrogens with one attached hydrogen (secondary N) is 1. The third kappa shape index (κ3) is 6.05. The van der Waals surface area contributed by atoms with Crippen molar-refractivity contribution in [2.24, 2.45) is 5.92 Å². The van der Waals surface area contributed by atoms with Crippen LogP contribution in [0.15, 0.2) is 0 Å². The lowest BCUT2D eigenvalue weighted by Crippen LogP contribution is -2.38. The molecule has 0 bridgehead atoms. The maximum absolute atomic E-state index is 8.68. The largest absolute Gasteiger partial charge is 0.396 e. The second-order valence-electron chi connectivity index (χ2n) is 4.11. The van der Waals surface area contributed by atoms with Crippen LogP contribution in [0.3, 0.4) is 0 Å². The van der Waals surface area contributed by atoms with Gasteiger partial charge in [0, 0.05) is 18.7 Å². The first-order valence-corrected chi connectivity index (χ1v) is 5.48. The minimum absolute atomic E-state index is 0.309. The Labute approximate surface area is 82.7 Å². The van der Waals surface area contributed by atoms with Crippen molar-refractivity contribution in [3.8, 4) is 0 Å². The third-order valence-electron chi connectivity index (χ3n) is 2.84. The molecule has 13 heavy (non-hydrogen) atoms. The molecule has 0 heterocycles. The molecule has 3 atom stereocenters. The van der Waals surface area contributed by atoms with Crippen molar-refractivity contribution >= 4 is 0 Å². The maximum Gasteiger partial charge on any atom is 0.0431 e. The van der Waals surface area contributed by atoms with E-state index < -0.39 is 0 Å². The highest BCUT2D eigenvalue weighted by Gasteiger charge is 2.12. The van der Waals surface area contributed by atoms with Gasteiger partial charge in [-0.1, -0.05) is 20.3 Å². The number of hydrogen-bond acceptors (Lipinski definition) is 2. The molecule has 0 amide bonds. The topological polar surface area (TPSA) is 32.3 Å². The highest BCUT2D eigenvalue weighted by Crippen LogP contribution is 2.08. The Bertz CT molecular complexity index is 117. The molecule has 0 rings (SSSR count). The van der Waals surface area contributed by atoms with Crippen molar-refractivity contribution < 1.29 is 5.11 Å². The van der Waals surface area contributed by atoms with E-state index in [0.29, 0.717) is 18.7 Å². The summed E-state index contributed by atoms with van der Waals surface area (Å²) in [5, 5.41) is 12.2. The summed E-state index contributed by atoms with van der Waals surface area (Å²) in [6.45, 7) is 9.24. The van der Waals surface area contributed by atoms with Crippen molar-refractivity contribution in [1.82, 2.24) is 5.32 Å². The summed E-state index contributed by atoms with van der Waals surface area (Å²) in [5.74, 6) is 0.733. The van der Waals surface area contributed by atoms with Crippen LogP contribution >= 0.6 is 0 Å². The Kier molecular flexibility index (Phi) is 7.29. The van der Waals surface area contributed by atoms with Crippen LogP contribution in [0.25, 0.3) is 0 Å². The van der Waals surface area contributed by atoms with E-state index in [1.165, 1.54) is 6.42 Å². The molecule has 0 aliphatic heterocycles. The van der Waals surface area contributed by atoms with Crippen LogP contribution in [0, 0.1) is 5.92 Å². The van der Waals surface area contributed by atoms with E-state index in [4.69, 9.17) is 5.11 Å². The maximum atomic E-state index is 8.68. The van der Waals surface area contributed by atoms with Crippen molar-refractivity contribution in [1.29, 1.82) is 0 Å². The molecular weight excluding hydrogens is 162 g/mol. The Morgan fingerprint density at radius 3 is 2.31 bits per heavy atom. The molecule has 2 nitrogen and oxygen atoms in total. The SMILES string of the molecule is CC[C@H](C)[C@@H](C)N[C@H](C)CCCO.